The van der Waals surface area contributed by atoms with E-state index in [2.05, 4.69) is 27.2 Å². The number of nitrogens with one attached hydrogen (secondary N) is 1. The van der Waals surface area contributed by atoms with Crippen molar-refractivity contribution in [2.45, 2.75) is 33.6 Å². The molecule has 0 aliphatic rings. The third kappa shape index (κ3) is 5.61. The van der Waals surface area contributed by atoms with Gasteiger partial charge in [-0.1, -0.05) is 19.4 Å². The highest BCUT2D eigenvalue weighted by Gasteiger charge is 2.08. The topological polar surface area (TPSA) is 95.2 Å². The maximum Gasteiger partial charge on any atom is 0.222 e. The van der Waals surface area contributed by atoms with Gasteiger partial charge in [-0.2, -0.15) is 4.98 Å². The van der Waals surface area contributed by atoms with Crippen LogP contribution in [0.1, 0.15) is 37.9 Å². The summed E-state index contributed by atoms with van der Waals surface area (Å²) in [4.78, 5) is 12.5. The van der Waals surface area contributed by atoms with Gasteiger partial charge in [-0.25, -0.2) is 4.98 Å². The van der Waals surface area contributed by atoms with Gasteiger partial charge in [0.25, 0.3) is 0 Å². The lowest BCUT2D eigenvalue weighted by atomic mass is 10.2. The quantitative estimate of drug-likeness (QED) is 0.629. The lowest BCUT2D eigenvalue weighted by molar-refractivity contribution is 0.216. The summed E-state index contributed by atoms with van der Waals surface area (Å²) in [7, 11) is 0. The molecule has 0 radical (unpaired) electrons. The van der Waals surface area contributed by atoms with Crippen molar-refractivity contribution in [2.24, 2.45) is 0 Å². The van der Waals surface area contributed by atoms with Crippen molar-refractivity contribution in [3.63, 3.8) is 0 Å². The highest BCUT2D eigenvalue weighted by Crippen LogP contribution is 2.23. The second-order valence-corrected chi connectivity index (χ2v) is 5.74. The van der Waals surface area contributed by atoms with Crippen LogP contribution in [0.25, 0.3) is 6.08 Å². The van der Waals surface area contributed by atoms with Gasteiger partial charge < -0.3 is 20.5 Å². The number of unbranched alkanes of at least 4 members (excludes halogenated alkanes) is 1. The first-order chi connectivity index (χ1) is 12.7. The van der Waals surface area contributed by atoms with Crippen molar-refractivity contribution in [3.05, 3.63) is 35.8 Å². The van der Waals surface area contributed by atoms with Gasteiger partial charge in [0.1, 0.15) is 19.0 Å². The van der Waals surface area contributed by atoms with Crippen LogP contribution < -0.4 is 20.5 Å². The fraction of sp³-hybridized carbons (Fsp3) is 0.421. The van der Waals surface area contributed by atoms with E-state index in [4.69, 9.17) is 15.2 Å². The molecule has 0 unspecified atom stereocenters. The smallest absolute Gasteiger partial charge is 0.222 e. The van der Waals surface area contributed by atoms with Crippen LogP contribution in [0.4, 0.5) is 11.8 Å². The minimum atomic E-state index is 0.219. The van der Waals surface area contributed by atoms with Crippen molar-refractivity contribution >= 4 is 17.8 Å². The Bertz CT molecular complexity index is 734. The van der Waals surface area contributed by atoms with E-state index < -0.39 is 0 Å². The van der Waals surface area contributed by atoms with Crippen molar-refractivity contribution in [1.82, 2.24) is 15.0 Å². The van der Waals surface area contributed by atoms with E-state index in [9.17, 15) is 0 Å². The molecule has 7 heteroatoms. The minimum absolute atomic E-state index is 0.219. The first-order valence-corrected chi connectivity index (χ1v) is 8.86. The van der Waals surface area contributed by atoms with Crippen molar-refractivity contribution < 1.29 is 9.47 Å². The Balaban J connectivity index is 1.91. The number of nitrogens with zero attached hydrogens (tertiary/aromatic N) is 3. The molecule has 0 aliphatic heterocycles. The summed E-state index contributed by atoms with van der Waals surface area (Å²) in [6.45, 7) is 7.66. The summed E-state index contributed by atoms with van der Waals surface area (Å²) in [5.41, 5.74) is 7.57. The average molecular weight is 357 g/mol. The van der Waals surface area contributed by atoms with Crippen molar-refractivity contribution in [3.8, 4) is 11.5 Å². The van der Waals surface area contributed by atoms with Gasteiger partial charge in [0.05, 0.1) is 11.9 Å². The molecular formula is C19H27N5O2. The first-order valence-electron chi connectivity index (χ1n) is 8.86. The number of aromatic nitrogens is 3. The third-order valence-electron chi connectivity index (χ3n) is 3.71. The highest BCUT2D eigenvalue weighted by atomic mass is 16.5. The molecule has 0 spiro atoms. The van der Waals surface area contributed by atoms with Crippen LogP contribution in [0.5, 0.6) is 11.5 Å². The first kappa shape index (κ1) is 19.5. The molecule has 0 fully saturated rings. The van der Waals surface area contributed by atoms with E-state index in [-0.39, 0.29) is 5.95 Å². The Labute approximate surface area is 154 Å². The number of hydrogen-bond donors (Lipinski definition) is 2. The number of nitrogens with two attached hydrogens (primary N) is 1. The van der Waals surface area contributed by atoms with Crippen LogP contribution in [-0.2, 0) is 0 Å². The molecule has 2 rings (SSSR count). The summed E-state index contributed by atoms with van der Waals surface area (Å²) in [5.74, 6) is 2.20. The number of anilines is 2. The molecule has 0 atom stereocenters. The van der Waals surface area contributed by atoms with Crippen LogP contribution in [0, 0.1) is 6.92 Å². The Hall–Kier alpha value is -2.83. The van der Waals surface area contributed by atoms with Gasteiger partial charge in [-0.3, -0.25) is 4.98 Å². The van der Waals surface area contributed by atoms with E-state index in [1.165, 1.54) is 0 Å². The van der Waals surface area contributed by atoms with Gasteiger partial charge in [-0.15, -0.1) is 0 Å². The fourth-order valence-corrected chi connectivity index (χ4v) is 2.32. The van der Waals surface area contributed by atoms with E-state index in [0.29, 0.717) is 24.8 Å². The SMILES string of the molecule is C/C=C\c1nccc(OCCOc2cnc(N)nc2NCCCC)c1C. The van der Waals surface area contributed by atoms with E-state index >= 15 is 0 Å². The Morgan fingerprint density at radius 1 is 1.19 bits per heavy atom. The Kier molecular flexibility index (Phi) is 7.67. The molecule has 2 aromatic heterocycles. The van der Waals surface area contributed by atoms with E-state index in [0.717, 1.165) is 36.4 Å². The number of allylic oxidation sites excluding steroid dienone is 1. The standard InChI is InChI=1S/C19H27N5O2/c1-4-6-9-22-18-17(13-23-19(20)24-18)26-12-11-25-16-8-10-21-15(7-5-2)14(16)3/h5,7-8,10,13H,4,6,9,11-12H2,1-3H3,(H3,20,22,23,24)/b7-5-. The molecule has 2 heterocycles. The maximum atomic E-state index is 5.82. The molecule has 3 N–H and O–H groups in total. The molecule has 0 amide bonds. The average Bonchev–Trinajstić information content (AvgIpc) is 2.63. The zero-order valence-corrected chi connectivity index (χ0v) is 15.7. The van der Waals surface area contributed by atoms with Gasteiger partial charge in [0, 0.05) is 18.3 Å². The fourth-order valence-electron chi connectivity index (χ4n) is 2.32. The zero-order valence-electron chi connectivity index (χ0n) is 15.7. The normalized spacial score (nSPS) is 10.9. The van der Waals surface area contributed by atoms with Crippen molar-refractivity contribution in [2.75, 3.05) is 30.8 Å². The molecule has 7 nitrogen and oxygen atoms in total. The summed E-state index contributed by atoms with van der Waals surface area (Å²) in [5, 5.41) is 3.23. The molecule has 0 saturated heterocycles. The third-order valence-corrected chi connectivity index (χ3v) is 3.71. The molecule has 0 saturated carbocycles. The number of hydrogen-bond acceptors (Lipinski definition) is 7. The maximum absolute atomic E-state index is 5.82. The molecule has 0 aromatic carbocycles. The predicted molar refractivity (Wildman–Crippen MR) is 105 cm³/mol. The number of pyridine rings is 1. The van der Waals surface area contributed by atoms with Crippen LogP contribution in [-0.4, -0.2) is 34.7 Å². The van der Waals surface area contributed by atoms with Gasteiger partial charge in [0.2, 0.25) is 5.95 Å². The Morgan fingerprint density at radius 3 is 2.69 bits per heavy atom. The molecular weight excluding hydrogens is 330 g/mol. The van der Waals surface area contributed by atoms with Gasteiger partial charge >= 0.3 is 0 Å². The van der Waals surface area contributed by atoms with E-state index in [1.54, 1.807) is 12.4 Å². The number of ether oxygens (including phenoxy) is 2. The summed E-state index contributed by atoms with van der Waals surface area (Å²) in [6.07, 6.45) is 9.37. The minimum Gasteiger partial charge on any atom is -0.490 e. The van der Waals surface area contributed by atoms with Gasteiger partial charge in [0.15, 0.2) is 11.6 Å². The van der Waals surface area contributed by atoms with Crippen LogP contribution in [0.2, 0.25) is 0 Å². The molecule has 26 heavy (non-hydrogen) atoms. The largest absolute Gasteiger partial charge is 0.490 e. The van der Waals surface area contributed by atoms with Gasteiger partial charge in [-0.05, 0) is 32.4 Å². The summed E-state index contributed by atoms with van der Waals surface area (Å²) in [6, 6.07) is 1.85. The number of nitrogen functional groups attached to an aromatic ring is 1. The van der Waals surface area contributed by atoms with E-state index in [1.807, 2.05) is 32.1 Å². The monoisotopic (exact) mass is 357 g/mol. The molecule has 2 aromatic rings. The number of rotatable bonds is 10. The van der Waals surface area contributed by atoms with Crippen LogP contribution >= 0.6 is 0 Å². The Morgan fingerprint density at radius 2 is 1.96 bits per heavy atom. The van der Waals surface area contributed by atoms with Crippen LogP contribution in [0.15, 0.2) is 24.5 Å². The second-order valence-electron chi connectivity index (χ2n) is 5.74. The highest BCUT2D eigenvalue weighted by molar-refractivity contribution is 5.53. The molecule has 0 bridgehead atoms. The van der Waals surface area contributed by atoms with Crippen LogP contribution in [0.3, 0.4) is 0 Å². The molecule has 0 aliphatic carbocycles. The molecule has 140 valence electrons. The predicted octanol–water partition coefficient (Wildman–Crippen LogP) is 3.47. The zero-order chi connectivity index (χ0) is 18.8. The lowest BCUT2D eigenvalue weighted by Crippen LogP contribution is -2.13. The summed E-state index contributed by atoms with van der Waals surface area (Å²) < 4.78 is 11.6. The lowest BCUT2D eigenvalue weighted by Gasteiger charge is -2.13. The van der Waals surface area contributed by atoms with Crippen molar-refractivity contribution in [1.29, 1.82) is 0 Å². The second kappa shape index (κ2) is 10.2. The summed E-state index contributed by atoms with van der Waals surface area (Å²) >= 11 is 0.